The third-order valence-electron chi connectivity index (χ3n) is 4.19. The monoisotopic (exact) mass is 450 g/mol. The number of benzene rings is 3. The molecule has 0 aromatic heterocycles. The standard InChI is InChI=1S/C24H22N2O5S/c27-22(14-15-24(29)30)25-18-8-12-21(13-9-18)32-16-23(28)26-17-6-10-20(11-7-17)31-19-4-2-1-3-5-19/h1-13H,14-16H2,(H,25,27)(H,26,28)(H,29,30). The van der Waals surface area contributed by atoms with Gasteiger partial charge in [-0.2, -0.15) is 0 Å². The van der Waals surface area contributed by atoms with Gasteiger partial charge in [-0.25, -0.2) is 0 Å². The minimum atomic E-state index is -1.01. The summed E-state index contributed by atoms with van der Waals surface area (Å²) in [5.41, 5.74) is 1.25. The molecule has 3 N–H and O–H groups in total. The molecule has 8 heteroatoms. The van der Waals surface area contributed by atoms with Crippen molar-refractivity contribution in [3.63, 3.8) is 0 Å². The lowest BCUT2D eigenvalue weighted by molar-refractivity contribution is -0.138. The summed E-state index contributed by atoms with van der Waals surface area (Å²) in [6.45, 7) is 0. The van der Waals surface area contributed by atoms with Crippen molar-refractivity contribution in [2.75, 3.05) is 16.4 Å². The number of carbonyl (C=O) groups is 3. The number of amides is 2. The van der Waals surface area contributed by atoms with E-state index in [1.54, 1.807) is 48.5 Å². The maximum Gasteiger partial charge on any atom is 0.303 e. The van der Waals surface area contributed by atoms with E-state index in [1.165, 1.54) is 11.8 Å². The molecular weight excluding hydrogens is 428 g/mol. The van der Waals surface area contributed by atoms with Crippen LogP contribution in [0.1, 0.15) is 12.8 Å². The normalized spacial score (nSPS) is 10.2. The van der Waals surface area contributed by atoms with Crippen LogP contribution < -0.4 is 15.4 Å². The minimum absolute atomic E-state index is 0.0780. The highest BCUT2D eigenvalue weighted by Gasteiger charge is 2.07. The van der Waals surface area contributed by atoms with Gasteiger partial charge in [0.2, 0.25) is 11.8 Å². The number of carboxylic acid groups (broad SMARTS) is 1. The molecule has 0 aliphatic heterocycles. The SMILES string of the molecule is O=C(O)CCC(=O)Nc1ccc(SCC(=O)Nc2ccc(Oc3ccccc3)cc2)cc1. The van der Waals surface area contributed by atoms with E-state index >= 15 is 0 Å². The fourth-order valence-corrected chi connectivity index (χ4v) is 3.35. The molecule has 3 aromatic rings. The molecule has 0 saturated carbocycles. The van der Waals surface area contributed by atoms with Gasteiger partial charge >= 0.3 is 5.97 Å². The van der Waals surface area contributed by atoms with Gasteiger partial charge in [0.25, 0.3) is 0 Å². The van der Waals surface area contributed by atoms with E-state index in [1.807, 2.05) is 30.3 Å². The lowest BCUT2D eigenvalue weighted by Gasteiger charge is -2.08. The van der Waals surface area contributed by atoms with Crippen LogP contribution in [0.3, 0.4) is 0 Å². The number of hydrogen-bond acceptors (Lipinski definition) is 5. The van der Waals surface area contributed by atoms with E-state index < -0.39 is 5.97 Å². The summed E-state index contributed by atoms with van der Waals surface area (Å²) in [5.74, 6) is 0.143. The number of rotatable bonds is 10. The molecular formula is C24H22N2O5S. The molecule has 0 radical (unpaired) electrons. The van der Waals surface area contributed by atoms with Crippen molar-refractivity contribution in [1.29, 1.82) is 0 Å². The first-order chi connectivity index (χ1) is 15.5. The van der Waals surface area contributed by atoms with E-state index in [-0.39, 0.29) is 30.4 Å². The fourth-order valence-electron chi connectivity index (χ4n) is 2.66. The zero-order chi connectivity index (χ0) is 22.8. The first-order valence-corrected chi connectivity index (χ1v) is 10.8. The second kappa shape index (κ2) is 11.6. The van der Waals surface area contributed by atoms with E-state index in [4.69, 9.17) is 9.84 Å². The summed E-state index contributed by atoms with van der Waals surface area (Å²) in [6, 6.07) is 23.6. The van der Waals surface area contributed by atoms with Crippen molar-refractivity contribution >= 4 is 40.9 Å². The maximum atomic E-state index is 12.2. The average molecular weight is 451 g/mol. The highest BCUT2D eigenvalue weighted by atomic mass is 32.2. The summed E-state index contributed by atoms with van der Waals surface area (Å²) in [6.07, 6.45) is -0.289. The molecule has 0 bridgehead atoms. The summed E-state index contributed by atoms with van der Waals surface area (Å²) < 4.78 is 5.73. The van der Waals surface area contributed by atoms with E-state index in [2.05, 4.69) is 10.6 Å². The summed E-state index contributed by atoms with van der Waals surface area (Å²) in [5, 5.41) is 14.1. The largest absolute Gasteiger partial charge is 0.481 e. The predicted molar refractivity (Wildman–Crippen MR) is 124 cm³/mol. The van der Waals surface area contributed by atoms with Gasteiger partial charge in [0.15, 0.2) is 0 Å². The molecule has 164 valence electrons. The van der Waals surface area contributed by atoms with Gasteiger partial charge in [0.05, 0.1) is 12.2 Å². The molecule has 32 heavy (non-hydrogen) atoms. The Morgan fingerprint density at radius 1 is 0.719 bits per heavy atom. The van der Waals surface area contributed by atoms with Crippen LogP contribution in [-0.2, 0) is 14.4 Å². The van der Waals surface area contributed by atoms with Crippen LogP contribution in [0.4, 0.5) is 11.4 Å². The van der Waals surface area contributed by atoms with Gasteiger partial charge in [-0.05, 0) is 60.7 Å². The highest BCUT2D eigenvalue weighted by molar-refractivity contribution is 8.00. The summed E-state index contributed by atoms with van der Waals surface area (Å²) in [7, 11) is 0. The Balaban J connectivity index is 1.42. The zero-order valence-corrected chi connectivity index (χ0v) is 17.9. The van der Waals surface area contributed by atoms with Gasteiger partial charge < -0.3 is 20.5 Å². The molecule has 0 aliphatic carbocycles. The van der Waals surface area contributed by atoms with Crippen LogP contribution >= 0.6 is 11.8 Å². The number of aliphatic carboxylic acids is 1. The summed E-state index contributed by atoms with van der Waals surface area (Å²) in [4.78, 5) is 35.3. The molecule has 0 saturated heterocycles. The molecule has 2 amide bonds. The number of nitrogens with one attached hydrogen (secondary N) is 2. The van der Waals surface area contributed by atoms with Crippen LogP contribution in [-0.4, -0.2) is 28.6 Å². The number of carbonyl (C=O) groups excluding carboxylic acids is 2. The quantitative estimate of drug-likeness (QED) is 0.375. The Labute approximate surface area is 189 Å². The van der Waals surface area contributed by atoms with Gasteiger partial charge in [-0.3, -0.25) is 14.4 Å². The Hall–Kier alpha value is -3.78. The molecule has 0 aliphatic rings. The topological polar surface area (TPSA) is 105 Å². The molecule has 3 aromatic carbocycles. The van der Waals surface area contributed by atoms with Gasteiger partial charge in [-0.1, -0.05) is 18.2 Å². The lowest BCUT2D eigenvalue weighted by atomic mass is 10.2. The maximum absolute atomic E-state index is 12.2. The number of hydrogen-bond donors (Lipinski definition) is 3. The van der Waals surface area contributed by atoms with Gasteiger partial charge in [0.1, 0.15) is 11.5 Å². The second-order valence-corrected chi connectivity index (χ2v) is 7.79. The van der Waals surface area contributed by atoms with Crippen LogP contribution in [0, 0.1) is 0 Å². The van der Waals surface area contributed by atoms with Crippen molar-refractivity contribution in [3.8, 4) is 11.5 Å². The van der Waals surface area contributed by atoms with Crippen molar-refractivity contribution in [2.24, 2.45) is 0 Å². The number of ether oxygens (including phenoxy) is 1. The van der Waals surface area contributed by atoms with Crippen LogP contribution in [0.2, 0.25) is 0 Å². The first-order valence-electron chi connectivity index (χ1n) is 9.85. The average Bonchev–Trinajstić information content (AvgIpc) is 2.79. The molecule has 0 heterocycles. The summed E-state index contributed by atoms with van der Waals surface area (Å²) >= 11 is 1.37. The van der Waals surface area contributed by atoms with E-state index in [0.29, 0.717) is 17.1 Å². The molecule has 0 spiro atoms. The fraction of sp³-hybridized carbons (Fsp3) is 0.125. The molecule has 7 nitrogen and oxygen atoms in total. The lowest BCUT2D eigenvalue weighted by Crippen LogP contribution is -2.14. The van der Waals surface area contributed by atoms with Crippen LogP contribution in [0.25, 0.3) is 0 Å². The van der Waals surface area contributed by atoms with Crippen molar-refractivity contribution in [3.05, 3.63) is 78.9 Å². The molecule has 0 fully saturated rings. The molecule has 3 rings (SSSR count). The van der Waals surface area contributed by atoms with Crippen molar-refractivity contribution < 1.29 is 24.2 Å². The Bertz CT molecular complexity index is 1050. The first kappa shape index (κ1) is 22.9. The van der Waals surface area contributed by atoms with Crippen LogP contribution in [0.15, 0.2) is 83.8 Å². The van der Waals surface area contributed by atoms with E-state index in [0.717, 1.165) is 10.6 Å². The minimum Gasteiger partial charge on any atom is -0.481 e. The highest BCUT2D eigenvalue weighted by Crippen LogP contribution is 2.24. The predicted octanol–water partition coefficient (Wildman–Crippen LogP) is 5.01. The number of anilines is 2. The number of thioether (sulfide) groups is 1. The third-order valence-corrected chi connectivity index (χ3v) is 5.20. The van der Waals surface area contributed by atoms with Crippen molar-refractivity contribution in [1.82, 2.24) is 0 Å². The molecule has 0 atom stereocenters. The van der Waals surface area contributed by atoms with E-state index in [9.17, 15) is 14.4 Å². The number of para-hydroxylation sites is 1. The Kier molecular flexibility index (Phi) is 8.28. The number of carboxylic acids is 1. The second-order valence-electron chi connectivity index (χ2n) is 6.74. The Morgan fingerprint density at radius 2 is 1.28 bits per heavy atom. The molecule has 0 unspecified atom stereocenters. The van der Waals surface area contributed by atoms with Gasteiger partial charge in [0, 0.05) is 22.7 Å². The van der Waals surface area contributed by atoms with Gasteiger partial charge in [-0.15, -0.1) is 11.8 Å². The smallest absolute Gasteiger partial charge is 0.303 e. The van der Waals surface area contributed by atoms with Crippen molar-refractivity contribution in [2.45, 2.75) is 17.7 Å². The Morgan fingerprint density at radius 3 is 1.91 bits per heavy atom. The van der Waals surface area contributed by atoms with Crippen LogP contribution in [0.5, 0.6) is 11.5 Å². The third kappa shape index (κ3) is 7.81. The zero-order valence-electron chi connectivity index (χ0n) is 17.1.